The summed E-state index contributed by atoms with van der Waals surface area (Å²) in [6.45, 7) is 0. The molecule has 6 heterocycles. The molecule has 0 amide bonds. The predicted octanol–water partition coefficient (Wildman–Crippen LogP) is 32.2. The first-order valence-electron chi connectivity index (χ1n) is 43.5. The first kappa shape index (κ1) is 71.0. The Kier molecular flexibility index (Phi) is 16.0. The molecule has 0 fully saturated rings. The summed E-state index contributed by atoms with van der Waals surface area (Å²) in [5.74, 6) is 0. The van der Waals surface area contributed by atoms with Crippen molar-refractivity contribution in [2.24, 2.45) is 0 Å². The van der Waals surface area contributed by atoms with Gasteiger partial charge in [0.25, 0.3) is 0 Å². The summed E-state index contributed by atoms with van der Waals surface area (Å²) in [5.41, 5.74) is 24.0. The molecule has 0 spiro atoms. The lowest BCUT2D eigenvalue weighted by Gasteiger charge is -2.13. The van der Waals surface area contributed by atoms with Gasteiger partial charge in [-0.25, -0.2) is 0 Å². The van der Waals surface area contributed by atoms with Crippen molar-refractivity contribution in [2.45, 2.75) is 0 Å². The number of hydrogen-bond donors (Lipinski definition) is 0. The number of fused-ring (bicyclic) bond motifs is 30. The van der Waals surface area contributed by atoms with E-state index in [0.29, 0.717) is 0 Å². The molecule has 6 nitrogen and oxygen atoms in total. The molecule has 6 aromatic heterocycles. The Morgan fingerprint density at radius 2 is 0.325 bits per heavy atom. The zero-order valence-corrected chi connectivity index (χ0v) is 68.6. The maximum absolute atomic E-state index is 2.45. The Morgan fingerprint density at radius 3 is 0.659 bits per heavy atom. The number of aromatic nitrogens is 6. The zero-order chi connectivity index (χ0) is 82.6. The minimum Gasteiger partial charge on any atom is -0.309 e. The monoisotopic (exact) mass is 1600 g/mol. The number of para-hydroxylation sites is 6. The Hall–Kier alpha value is -16.8. The van der Waals surface area contributed by atoms with Crippen LogP contribution in [0.2, 0.25) is 0 Å². The van der Waals surface area contributed by atoms with Crippen LogP contribution in [0.15, 0.2) is 461 Å². The summed E-state index contributed by atoms with van der Waals surface area (Å²) in [7, 11) is 0. The van der Waals surface area contributed by atoms with Crippen molar-refractivity contribution in [2.75, 3.05) is 0 Å². The summed E-state index contributed by atoms with van der Waals surface area (Å²) in [6, 6.07) is 168. The van der Waals surface area contributed by atoms with Crippen molar-refractivity contribution in [3.05, 3.63) is 461 Å². The Balaban J connectivity index is 0.000000101. The van der Waals surface area contributed by atoms with Gasteiger partial charge in [-0.2, -0.15) is 0 Å². The second-order valence-corrected chi connectivity index (χ2v) is 33.3. The normalized spacial score (nSPS) is 12.0. The molecule has 0 N–H and O–H groups in total. The molecule has 6 heteroatoms. The predicted molar refractivity (Wildman–Crippen MR) is 536 cm³/mol. The largest absolute Gasteiger partial charge is 0.309 e. The van der Waals surface area contributed by atoms with Gasteiger partial charge in [0.2, 0.25) is 0 Å². The molecule has 0 unspecified atom stereocenters. The van der Waals surface area contributed by atoms with Crippen molar-refractivity contribution < 1.29 is 0 Å². The molecular weight excluding hydrogens is 1530 g/mol. The molecule has 0 aliphatic carbocycles. The van der Waals surface area contributed by atoms with Crippen LogP contribution in [0.3, 0.4) is 0 Å². The summed E-state index contributed by atoms with van der Waals surface area (Å²) in [6.07, 6.45) is 0. The molecule has 0 atom stereocenters. The fourth-order valence-corrected chi connectivity index (χ4v) is 21.2. The Morgan fingerprint density at radius 1 is 0.103 bits per heavy atom. The molecule has 22 aromatic carbocycles. The van der Waals surface area contributed by atoms with E-state index < -0.39 is 0 Å². The van der Waals surface area contributed by atoms with Gasteiger partial charge < -0.3 is 27.4 Å². The lowest BCUT2D eigenvalue weighted by molar-refractivity contribution is 1.13. The van der Waals surface area contributed by atoms with Crippen molar-refractivity contribution in [1.82, 2.24) is 27.4 Å². The summed E-state index contributed by atoms with van der Waals surface area (Å²) >= 11 is 0. The third-order valence-corrected chi connectivity index (χ3v) is 26.6. The summed E-state index contributed by atoms with van der Waals surface area (Å²) < 4.78 is 14.5. The van der Waals surface area contributed by atoms with Crippen molar-refractivity contribution in [1.29, 1.82) is 0 Å². The van der Waals surface area contributed by atoms with Crippen LogP contribution in [0.1, 0.15) is 0 Å². The van der Waals surface area contributed by atoms with Gasteiger partial charge in [-0.1, -0.05) is 328 Å². The van der Waals surface area contributed by atoms with Crippen molar-refractivity contribution >= 4 is 195 Å². The molecule has 126 heavy (non-hydrogen) atoms. The maximum atomic E-state index is 2.45. The maximum Gasteiger partial charge on any atom is 0.0561 e. The second-order valence-electron chi connectivity index (χ2n) is 33.3. The fraction of sp³-hybridized carbons (Fsp3) is 0. The van der Waals surface area contributed by atoms with Gasteiger partial charge in [-0.05, 0) is 209 Å². The molecular formula is C120H76N6. The average molecular weight is 1600 g/mol. The highest BCUT2D eigenvalue weighted by Gasteiger charge is 2.25. The van der Waals surface area contributed by atoms with E-state index in [0.717, 1.165) is 22.7 Å². The fourth-order valence-electron chi connectivity index (χ4n) is 21.2. The molecule has 0 saturated carbocycles. The van der Waals surface area contributed by atoms with Crippen LogP contribution in [0, 0.1) is 0 Å². The quantitative estimate of drug-likeness (QED) is 0.152. The molecule has 0 aliphatic rings. The number of nitrogens with zero attached hydrogens (tertiary/aromatic N) is 6. The van der Waals surface area contributed by atoms with Crippen molar-refractivity contribution in [3.8, 4) is 45.3 Å². The van der Waals surface area contributed by atoms with E-state index in [9.17, 15) is 0 Å². The molecule has 0 radical (unpaired) electrons. The Bertz CT molecular complexity index is 9040. The minimum absolute atomic E-state index is 1.16. The van der Waals surface area contributed by atoms with Crippen LogP contribution in [-0.2, 0) is 0 Å². The minimum atomic E-state index is 1.16. The van der Waals surface area contributed by atoms with Gasteiger partial charge in [0.05, 0.1) is 66.2 Å². The number of hydrogen-bond acceptors (Lipinski definition) is 0. The van der Waals surface area contributed by atoms with Gasteiger partial charge in [0.15, 0.2) is 0 Å². The lowest BCUT2D eigenvalue weighted by atomic mass is 10.00. The molecule has 586 valence electrons. The zero-order valence-electron chi connectivity index (χ0n) is 68.6. The van der Waals surface area contributed by atoms with Crippen LogP contribution in [0.4, 0.5) is 0 Å². The van der Waals surface area contributed by atoms with Crippen LogP contribution in [0.5, 0.6) is 0 Å². The van der Waals surface area contributed by atoms with E-state index in [-0.39, 0.29) is 0 Å². The summed E-state index contributed by atoms with van der Waals surface area (Å²) in [5, 5.41) is 30.8. The van der Waals surface area contributed by atoms with Crippen LogP contribution in [-0.4, -0.2) is 27.4 Å². The average Bonchev–Trinajstić information content (AvgIpc) is 1.56. The standard InChI is InChI=1S/C44H28N2.2C38H24N2/c1-2-14-33(15-3-1)45-39-20-9-8-19-37(39)38-24-21-32(28-42(38)45)31-13-10-16-34(27-31)46-40-25-22-29-11-4-6-17-35(29)43(40)44-36-18-7-5-12-30(36)23-26-41(44)46;1-3-14-29-25(10-1)20-22-35-37(29)38-30-15-4-2-11-26(30)21-23-36(38)40(35)28-13-9-12-27(24-28)39-33-18-7-5-16-31(33)32-17-6-8-19-34(32)39;1-2-12-27(13-3-1)39-33-17-9-8-16-31(33)32-21-20-28(24-36(32)39)40-34-22-18-25-10-4-6-14-29(25)37(34)38-30-15-7-5-11-26(30)19-23-35(38)40/h1-28H;2*1-24H. The third kappa shape index (κ3) is 10.9. The second kappa shape index (κ2) is 28.4. The van der Waals surface area contributed by atoms with E-state index >= 15 is 0 Å². The topological polar surface area (TPSA) is 29.6 Å². The van der Waals surface area contributed by atoms with Gasteiger partial charge in [0, 0.05) is 98.8 Å². The highest BCUT2D eigenvalue weighted by Crippen LogP contribution is 2.47. The van der Waals surface area contributed by atoms with Gasteiger partial charge in [0.1, 0.15) is 0 Å². The summed E-state index contributed by atoms with van der Waals surface area (Å²) in [4.78, 5) is 0. The molecule has 0 bridgehead atoms. The van der Waals surface area contributed by atoms with Crippen LogP contribution >= 0.6 is 0 Å². The van der Waals surface area contributed by atoms with Gasteiger partial charge in [-0.3, -0.25) is 0 Å². The first-order chi connectivity index (χ1) is 62.6. The van der Waals surface area contributed by atoms with Gasteiger partial charge >= 0.3 is 0 Å². The number of rotatable bonds is 7. The molecule has 28 aromatic rings. The van der Waals surface area contributed by atoms with E-state index in [1.165, 1.54) is 218 Å². The van der Waals surface area contributed by atoms with E-state index in [2.05, 4.69) is 488 Å². The van der Waals surface area contributed by atoms with E-state index in [1.54, 1.807) is 0 Å². The first-order valence-corrected chi connectivity index (χ1v) is 43.5. The Labute approximate surface area is 724 Å². The van der Waals surface area contributed by atoms with E-state index in [1.807, 2.05) is 0 Å². The highest BCUT2D eigenvalue weighted by atomic mass is 15.0. The van der Waals surface area contributed by atoms with Crippen LogP contribution in [0.25, 0.3) is 241 Å². The van der Waals surface area contributed by atoms with E-state index in [4.69, 9.17) is 0 Å². The number of benzene rings is 22. The third-order valence-electron chi connectivity index (χ3n) is 26.6. The smallest absolute Gasteiger partial charge is 0.0561 e. The SMILES string of the molecule is c1cc(-n2c3ccccc3c3ccccc32)cc(-n2c3ccc4ccccc4c3c3c4ccccc4ccc32)c1.c1ccc(-n2c3ccccc3c3ccc(-c4cccc(-n5c6ccc7ccccc7c6c6c7ccccc7ccc65)c4)cc32)cc1.c1ccc(-n2c3ccccc3c3ccc(-n4c5ccc6ccccc6c5c5c6ccccc6ccc54)cc32)cc1. The van der Waals surface area contributed by atoms with Crippen molar-refractivity contribution in [3.63, 3.8) is 0 Å². The van der Waals surface area contributed by atoms with Crippen LogP contribution < -0.4 is 0 Å². The molecule has 0 saturated heterocycles. The lowest BCUT2D eigenvalue weighted by Crippen LogP contribution is -1.98. The molecule has 0 aliphatic heterocycles. The highest BCUT2D eigenvalue weighted by molar-refractivity contribution is 6.32. The van der Waals surface area contributed by atoms with Gasteiger partial charge in [-0.15, -0.1) is 0 Å². The molecule has 28 rings (SSSR count).